The van der Waals surface area contributed by atoms with E-state index in [4.69, 9.17) is 11.6 Å². The number of benzene rings is 2. The molecular formula is C19H18ClNO2S. The first kappa shape index (κ1) is 17.1. The van der Waals surface area contributed by atoms with E-state index in [1.165, 1.54) is 0 Å². The van der Waals surface area contributed by atoms with Gasteiger partial charge in [0, 0.05) is 17.3 Å². The summed E-state index contributed by atoms with van der Waals surface area (Å²) < 4.78 is 0. The summed E-state index contributed by atoms with van der Waals surface area (Å²) in [4.78, 5) is 13.6. The van der Waals surface area contributed by atoms with Crippen molar-refractivity contribution in [2.24, 2.45) is 0 Å². The van der Waals surface area contributed by atoms with Crippen LogP contribution >= 0.6 is 23.4 Å². The number of aliphatic carboxylic acids is 1. The molecule has 1 saturated heterocycles. The molecule has 2 unspecified atom stereocenters. The van der Waals surface area contributed by atoms with Crippen molar-refractivity contribution >= 4 is 35.4 Å². The molecule has 0 saturated carbocycles. The first-order valence-electron chi connectivity index (χ1n) is 7.72. The highest BCUT2D eigenvalue weighted by Gasteiger charge is 2.38. The number of nitrogens with zero attached hydrogens (tertiary/aromatic N) is 1. The van der Waals surface area contributed by atoms with Crippen molar-refractivity contribution in [3.05, 3.63) is 76.8 Å². The van der Waals surface area contributed by atoms with E-state index >= 15 is 0 Å². The van der Waals surface area contributed by atoms with Gasteiger partial charge in [-0.1, -0.05) is 66.2 Å². The Morgan fingerprint density at radius 1 is 1.25 bits per heavy atom. The molecule has 0 aliphatic carbocycles. The van der Waals surface area contributed by atoms with Crippen LogP contribution in [0.5, 0.6) is 0 Å². The summed E-state index contributed by atoms with van der Waals surface area (Å²) in [5.74, 6) is -0.203. The second-order valence-corrected chi connectivity index (χ2v) is 7.15. The molecule has 5 heteroatoms. The summed E-state index contributed by atoms with van der Waals surface area (Å²) in [7, 11) is 0. The van der Waals surface area contributed by atoms with Gasteiger partial charge in [0.15, 0.2) is 0 Å². The van der Waals surface area contributed by atoms with Crippen molar-refractivity contribution in [1.29, 1.82) is 0 Å². The van der Waals surface area contributed by atoms with Crippen LogP contribution in [0.15, 0.2) is 60.7 Å². The average Bonchev–Trinajstić information content (AvgIpc) is 3.00. The van der Waals surface area contributed by atoms with Crippen LogP contribution in [-0.2, 0) is 4.79 Å². The highest BCUT2D eigenvalue weighted by atomic mass is 35.5. The molecule has 24 heavy (non-hydrogen) atoms. The molecule has 2 aromatic carbocycles. The third-order valence-corrected chi connectivity index (χ3v) is 5.56. The van der Waals surface area contributed by atoms with Gasteiger partial charge in [0.05, 0.1) is 5.37 Å². The Morgan fingerprint density at radius 3 is 2.75 bits per heavy atom. The predicted octanol–water partition coefficient (Wildman–Crippen LogP) is 4.55. The van der Waals surface area contributed by atoms with Crippen LogP contribution in [0.1, 0.15) is 16.5 Å². The Bertz CT molecular complexity index is 735. The second-order valence-electron chi connectivity index (χ2n) is 5.60. The maximum Gasteiger partial charge on any atom is 0.321 e. The molecule has 0 radical (unpaired) electrons. The van der Waals surface area contributed by atoms with Gasteiger partial charge >= 0.3 is 5.97 Å². The van der Waals surface area contributed by atoms with Gasteiger partial charge in [0.2, 0.25) is 0 Å². The first-order valence-corrected chi connectivity index (χ1v) is 9.15. The minimum atomic E-state index is -0.778. The van der Waals surface area contributed by atoms with Gasteiger partial charge in [-0.05, 0) is 23.3 Å². The van der Waals surface area contributed by atoms with Crippen LogP contribution in [0.4, 0.5) is 0 Å². The topological polar surface area (TPSA) is 40.5 Å². The minimum Gasteiger partial charge on any atom is -0.480 e. The first-order chi connectivity index (χ1) is 11.6. The van der Waals surface area contributed by atoms with Crippen LogP contribution in [0.3, 0.4) is 0 Å². The molecule has 0 spiro atoms. The van der Waals surface area contributed by atoms with Crippen LogP contribution < -0.4 is 0 Å². The number of carbonyl (C=O) groups is 1. The van der Waals surface area contributed by atoms with Gasteiger partial charge in [-0.3, -0.25) is 9.69 Å². The van der Waals surface area contributed by atoms with Gasteiger partial charge in [-0.2, -0.15) is 0 Å². The van der Waals surface area contributed by atoms with Crippen LogP contribution in [-0.4, -0.2) is 34.3 Å². The molecule has 2 atom stereocenters. The van der Waals surface area contributed by atoms with E-state index in [-0.39, 0.29) is 5.37 Å². The Kier molecular flexibility index (Phi) is 5.61. The number of thioether (sulfide) groups is 1. The lowest BCUT2D eigenvalue weighted by Gasteiger charge is -2.26. The summed E-state index contributed by atoms with van der Waals surface area (Å²) in [6, 6.07) is 17.2. The molecule has 1 heterocycles. The molecule has 2 aromatic rings. The fraction of sp³-hybridized carbons (Fsp3) is 0.211. The normalized spacial score (nSPS) is 21.4. The van der Waals surface area contributed by atoms with Crippen molar-refractivity contribution in [3.8, 4) is 0 Å². The molecular weight excluding hydrogens is 342 g/mol. The predicted molar refractivity (Wildman–Crippen MR) is 100 cm³/mol. The number of hydrogen-bond acceptors (Lipinski definition) is 3. The second kappa shape index (κ2) is 7.88. The molecule has 3 nitrogen and oxygen atoms in total. The molecule has 124 valence electrons. The van der Waals surface area contributed by atoms with Gasteiger partial charge in [-0.15, -0.1) is 11.8 Å². The number of carboxylic acid groups (broad SMARTS) is 1. The van der Waals surface area contributed by atoms with E-state index in [0.29, 0.717) is 17.3 Å². The lowest BCUT2D eigenvalue weighted by Crippen LogP contribution is -2.38. The fourth-order valence-corrected chi connectivity index (χ4v) is 4.46. The van der Waals surface area contributed by atoms with Gasteiger partial charge in [0.25, 0.3) is 0 Å². The van der Waals surface area contributed by atoms with E-state index in [1.54, 1.807) is 11.8 Å². The Morgan fingerprint density at radius 2 is 2.04 bits per heavy atom. The van der Waals surface area contributed by atoms with E-state index in [0.717, 1.165) is 11.1 Å². The van der Waals surface area contributed by atoms with Crippen LogP contribution in [0, 0.1) is 0 Å². The molecule has 3 rings (SSSR count). The van der Waals surface area contributed by atoms with Crippen LogP contribution in [0.2, 0.25) is 5.02 Å². The monoisotopic (exact) mass is 359 g/mol. The summed E-state index contributed by atoms with van der Waals surface area (Å²) in [5, 5.41) is 10.2. The highest BCUT2D eigenvalue weighted by molar-refractivity contribution is 7.99. The Labute approximate surface area is 150 Å². The van der Waals surface area contributed by atoms with Gasteiger partial charge in [0.1, 0.15) is 6.04 Å². The van der Waals surface area contributed by atoms with E-state index in [9.17, 15) is 9.90 Å². The zero-order valence-electron chi connectivity index (χ0n) is 13.0. The zero-order valence-corrected chi connectivity index (χ0v) is 14.6. The SMILES string of the molecule is O=C(O)C1CSC(c2cccc(Cl)c2)N1CC=Cc1ccccc1. The number of hydrogen-bond donors (Lipinski definition) is 1. The molecule has 1 N–H and O–H groups in total. The molecule has 1 aliphatic heterocycles. The van der Waals surface area contributed by atoms with Gasteiger partial charge in [-0.25, -0.2) is 0 Å². The highest BCUT2D eigenvalue weighted by Crippen LogP contribution is 2.41. The third kappa shape index (κ3) is 4.01. The maximum atomic E-state index is 11.6. The van der Waals surface area contributed by atoms with Crippen molar-refractivity contribution < 1.29 is 9.90 Å². The average molecular weight is 360 g/mol. The van der Waals surface area contributed by atoms with Crippen LogP contribution in [0.25, 0.3) is 6.08 Å². The minimum absolute atomic E-state index is 0.00484. The van der Waals surface area contributed by atoms with Crippen molar-refractivity contribution in [1.82, 2.24) is 4.90 Å². The molecule has 0 bridgehead atoms. The summed E-state index contributed by atoms with van der Waals surface area (Å²) in [6.07, 6.45) is 4.05. The Balaban J connectivity index is 1.79. The number of rotatable bonds is 5. The number of halogens is 1. The smallest absolute Gasteiger partial charge is 0.321 e. The Hall–Kier alpha value is -1.75. The van der Waals surface area contributed by atoms with E-state index in [2.05, 4.69) is 0 Å². The largest absolute Gasteiger partial charge is 0.480 e. The summed E-state index contributed by atoms with van der Waals surface area (Å²) in [5.41, 5.74) is 2.15. The molecule has 0 aromatic heterocycles. The van der Waals surface area contributed by atoms with E-state index in [1.807, 2.05) is 71.6 Å². The summed E-state index contributed by atoms with van der Waals surface area (Å²) >= 11 is 7.74. The molecule has 0 amide bonds. The maximum absolute atomic E-state index is 11.6. The lowest BCUT2D eigenvalue weighted by atomic mass is 10.1. The molecule has 1 aliphatic rings. The van der Waals surface area contributed by atoms with Crippen molar-refractivity contribution in [2.75, 3.05) is 12.3 Å². The van der Waals surface area contributed by atoms with Crippen molar-refractivity contribution in [2.45, 2.75) is 11.4 Å². The lowest BCUT2D eigenvalue weighted by molar-refractivity contribution is -0.142. The molecule has 1 fully saturated rings. The fourth-order valence-electron chi connectivity index (χ4n) is 2.80. The van der Waals surface area contributed by atoms with Gasteiger partial charge < -0.3 is 5.11 Å². The summed E-state index contributed by atoms with van der Waals surface area (Å²) in [6.45, 7) is 0.579. The van der Waals surface area contributed by atoms with E-state index < -0.39 is 12.0 Å². The standard InChI is InChI=1S/C19H18ClNO2S/c20-16-10-4-9-15(12-16)18-21(17(13-24-18)19(22)23)11-5-8-14-6-2-1-3-7-14/h1-10,12,17-18H,11,13H2,(H,22,23). The van der Waals surface area contributed by atoms with Crippen molar-refractivity contribution in [3.63, 3.8) is 0 Å². The third-order valence-electron chi connectivity index (χ3n) is 3.96. The zero-order chi connectivity index (χ0) is 16.9. The quantitative estimate of drug-likeness (QED) is 0.850. The number of carboxylic acids is 1.